The fourth-order valence-electron chi connectivity index (χ4n) is 3.47. The molecule has 0 atom stereocenters. The third kappa shape index (κ3) is 4.89. The van der Waals surface area contributed by atoms with E-state index in [0.29, 0.717) is 0 Å². The van der Waals surface area contributed by atoms with Gasteiger partial charge in [0.1, 0.15) is 0 Å². The van der Waals surface area contributed by atoms with Crippen LogP contribution in [0.1, 0.15) is 39.9 Å². The first-order chi connectivity index (χ1) is 12.1. The molecule has 1 aliphatic rings. The zero-order chi connectivity index (χ0) is 17.6. The molecule has 25 heavy (non-hydrogen) atoms. The molecule has 1 aromatic carbocycles. The number of hydrogen-bond acceptors (Lipinski definition) is 3. The monoisotopic (exact) mass is 337 g/mol. The molecule has 4 heteroatoms. The van der Waals surface area contributed by atoms with Crippen LogP contribution in [-0.2, 0) is 6.42 Å². The van der Waals surface area contributed by atoms with Crippen molar-refractivity contribution in [1.82, 2.24) is 15.2 Å². The summed E-state index contributed by atoms with van der Waals surface area (Å²) in [6.45, 7) is 7.22. The number of aryl methyl sites for hydroxylation is 2. The van der Waals surface area contributed by atoms with E-state index in [1.807, 2.05) is 31.5 Å². The van der Waals surface area contributed by atoms with Crippen molar-refractivity contribution in [2.75, 3.05) is 19.6 Å². The molecule has 4 nitrogen and oxygen atoms in total. The van der Waals surface area contributed by atoms with Crippen LogP contribution in [-0.4, -0.2) is 41.5 Å². The highest BCUT2D eigenvalue weighted by Gasteiger charge is 2.21. The minimum Gasteiger partial charge on any atom is -0.349 e. The van der Waals surface area contributed by atoms with Crippen molar-refractivity contribution in [2.45, 2.75) is 39.2 Å². The van der Waals surface area contributed by atoms with Crippen molar-refractivity contribution in [3.63, 3.8) is 0 Å². The van der Waals surface area contributed by atoms with Gasteiger partial charge >= 0.3 is 0 Å². The van der Waals surface area contributed by atoms with E-state index in [4.69, 9.17) is 0 Å². The zero-order valence-corrected chi connectivity index (χ0v) is 15.2. The summed E-state index contributed by atoms with van der Waals surface area (Å²) in [6, 6.07) is 10.4. The van der Waals surface area contributed by atoms with Gasteiger partial charge in [-0.15, -0.1) is 0 Å². The molecule has 0 radical (unpaired) electrons. The first-order valence-corrected chi connectivity index (χ1v) is 9.11. The lowest BCUT2D eigenvalue weighted by Crippen LogP contribution is -2.45. The average Bonchev–Trinajstić information content (AvgIpc) is 2.62. The lowest BCUT2D eigenvalue weighted by atomic mass is 10.0. The SMILES string of the molecule is Cc1ccc(C(=O)NC2CCN(CCc3ccncc3)CC2)c(C)c1. The van der Waals surface area contributed by atoms with Gasteiger partial charge in [0.15, 0.2) is 0 Å². The van der Waals surface area contributed by atoms with E-state index in [0.717, 1.165) is 50.0 Å². The first-order valence-electron chi connectivity index (χ1n) is 9.11. The maximum atomic E-state index is 12.5. The molecule has 1 amide bonds. The maximum Gasteiger partial charge on any atom is 0.251 e. The molecule has 2 heterocycles. The Kier molecular flexibility index (Phi) is 5.82. The second-order valence-corrected chi connectivity index (χ2v) is 7.01. The Morgan fingerprint density at radius 3 is 2.56 bits per heavy atom. The summed E-state index contributed by atoms with van der Waals surface area (Å²) in [5.74, 6) is 0.0627. The van der Waals surface area contributed by atoms with Gasteiger partial charge in [0.05, 0.1) is 0 Å². The summed E-state index contributed by atoms with van der Waals surface area (Å²) < 4.78 is 0. The normalized spacial score (nSPS) is 15.9. The van der Waals surface area contributed by atoms with Crippen LogP contribution in [0.2, 0.25) is 0 Å². The summed E-state index contributed by atoms with van der Waals surface area (Å²) in [5, 5.41) is 3.22. The Balaban J connectivity index is 1.45. The van der Waals surface area contributed by atoms with Gasteiger partial charge in [-0.25, -0.2) is 0 Å². The number of likely N-dealkylation sites (tertiary alicyclic amines) is 1. The summed E-state index contributed by atoms with van der Waals surface area (Å²) >= 11 is 0. The Morgan fingerprint density at radius 1 is 1.16 bits per heavy atom. The van der Waals surface area contributed by atoms with Crippen molar-refractivity contribution >= 4 is 5.91 Å². The van der Waals surface area contributed by atoms with Gasteiger partial charge in [-0.2, -0.15) is 0 Å². The fourth-order valence-corrected chi connectivity index (χ4v) is 3.47. The summed E-state index contributed by atoms with van der Waals surface area (Å²) in [6.07, 6.45) is 6.80. The molecule has 132 valence electrons. The highest BCUT2D eigenvalue weighted by molar-refractivity contribution is 5.95. The van der Waals surface area contributed by atoms with Gasteiger partial charge in [-0.3, -0.25) is 9.78 Å². The summed E-state index contributed by atoms with van der Waals surface area (Å²) in [7, 11) is 0. The molecule has 1 aromatic heterocycles. The van der Waals surface area contributed by atoms with Crippen molar-refractivity contribution in [3.8, 4) is 0 Å². The van der Waals surface area contributed by atoms with Gasteiger partial charge in [0.25, 0.3) is 5.91 Å². The number of carbonyl (C=O) groups is 1. The Bertz CT molecular complexity index is 706. The molecule has 0 spiro atoms. The molecule has 0 unspecified atom stereocenters. The standard InChI is InChI=1S/C21H27N3O/c1-16-3-4-20(17(2)15-16)21(25)23-19-8-13-24(14-9-19)12-7-18-5-10-22-11-6-18/h3-6,10-11,15,19H,7-9,12-14H2,1-2H3,(H,23,25). The molecule has 1 saturated heterocycles. The number of pyridine rings is 1. The number of hydrogen-bond donors (Lipinski definition) is 1. The number of piperidine rings is 1. The van der Waals surface area contributed by atoms with E-state index < -0.39 is 0 Å². The van der Waals surface area contributed by atoms with E-state index >= 15 is 0 Å². The largest absolute Gasteiger partial charge is 0.349 e. The number of carbonyl (C=O) groups excluding carboxylic acids is 1. The number of benzene rings is 1. The van der Waals surface area contributed by atoms with Crippen LogP contribution in [0.5, 0.6) is 0 Å². The smallest absolute Gasteiger partial charge is 0.251 e. The molecule has 0 bridgehead atoms. The highest BCUT2D eigenvalue weighted by atomic mass is 16.1. The second-order valence-electron chi connectivity index (χ2n) is 7.01. The molecule has 3 rings (SSSR count). The van der Waals surface area contributed by atoms with E-state index in [1.54, 1.807) is 0 Å². The number of aromatic nitrogens is 1. The molecule has 1 N–H and O–H groups in total. The van der Waals surface area contributed by atoms with Gasteiger partial charge in [-0.05, 0) is 62.4 Å². The molecule has 2 aromatic rings. The predicted molar refractivity (Wildman–Crippen MR) is 101 cm³/mol. The van der Waals surface area contributed by atoms with E-state index in [1.165, 1.54) is 11.1 Å². The summed E-state index contributed by atoms with van der Waals surface area (Å²) in [4.78, 5) is 19.1. The second kappa shape index (κ2) is 8.26. The van der Waals surface area contributed by atoms with Crippen LogP contribution in [0, 0.1) is 13.8 Å². The van der Waals surface area contributed by atoms with E-state index in [-0.39, 0.29) is 11.9 Å². The highest BCUT2D eigenvalue weighted by Crippen LogP contribution is 2.14. The first kappa shape index (κ1) is 17.6. The lowest BCUT2D eigenvalue weighted by Gasteiger charge is -2.32. The predicted octanol–water partition coefficient (Wildman–Crippen LogP) is 3.14. The molecule has 0 aliphatic carbocycles. The van der Waals surface area contributed by atoms with E-state index in [2.05, 4.69) is 40.3 Å². The molecule has 1 aliphatic heterocycles. The maximum absolute atomic E-state index is 12.5. The van der Waals surface area contributed by atoms with Crippen molar-refractivity contribution in [3.05, 3.63) is 65.0 Å². The van der Waals surface area contributed by atoms with Crippen LogP contribution >= 0.6 is 0 Å². The lowest BCUT2D eigenvalue weighted by molar-refractivity contribution is 0.0911. The minimum absolute atomic E-state index is 0.0627. The molecule has 0 saturated carbocycles. The fraction of sp³-hybridized carbons (Fsp3) is 0.429. The van der Waals surface area contributed by atoms with Crippen molar-refractivity contribution in [2.24, 2.45) is 0 Å². The Hall–Kier alpha value is -2.20. The topological polar surface area (TPSA) is 45.2 Å². The number of rotatable bonds is 5. The third-order valence-electron chi connectivity index (χ3n) is 5.02. The Morgan fingerprint density at radius 2 is 1.88 bits per heavy atom. The Labute approximate surface area is 150 Å². The van der Waals surface area contributed by atoms with Gasteiger partial charge in [0, 0.05) is 43.6 Å². The zero-order valence-electron chi connectivity index (χ0n) is 15.2. The number of amides is 1. The third-order valence-corrected chi connectivity index (χ3v) is 5.02. The van der Waals surface area contributed by atoms with Gasteiger partial charge < -0.3 is 10.2 Å². The average molecular weight is 337 g/mol. The van der Waals surface area contributed by atoms with Gasteiger partial charge in [-0.1, -0.05) is 17.7 Å². The van der Waals surface area contributed by atoms with Crippen LogP contribution in [0.15, 0.2) is 42.7 Å². The van der Waals surface area contributed by atoms with E-state index in [9.17, 15) is 4.79 Å². The molecule has 1 fully saturated rings. The number of nitrogens with zero attached hydrogens (tertiary/aromatic N) is 2. The molecular weight excluding hydrogens is 310 g/mol. The minimum atomic E-state index is 0.0627. The van der Waals surface area contributed by atoms with Crippen LogP contribution in [0.4, 0.5) is 0 Å². The quantitative estimate of drug-likeness (QED) is 0.912. The van der Waals surface area contributed by atoms with Crippen molar-refractivity contribution < 1.29 is 4.79 Å². The van der Waals surface area contributed by atoms with Gasteiger partial charge in [0.2, 0.25) is 0 Å². The molecular formula is C21H27N3O. The van der Waals surface area contributed by atoms with Crippen LogP contribution < -0.4 is 5.32 Å². The van der Waals surface area contributed by atoms with Crippen LogP contribution in [0.25, 0.3) is 0 Å². The van der Waals surface area contributed by atoms with Crippen LogP contribution in [0.3, 0.4) is 0 Å². The van der Waals surface area contributed by atoms with Crippen molar-refractivity contribution in [1.29, 1.82) is 0 Å². The number of nitrogens with one attached hydrogen (secondary N) is 1. The summed E-state index contributed by atoms with van der Waals surface area (Å²) in [5.41, 5.74) is 4.37.